The Morgan fingerprint density at radius 3 is 2.53 bits per heavy atom. The molecule has 0 aromatic carbocycles. The van der Waals surface area contributed by atoms with Crippen molar-refractivity contribution in [1.29, 1.82) is 0 Å². The summed E-state index contributed by atoms with van der Waals surface area (Å²) < 4.78 is 0. The van der Waals surface area contributed by atoms with Crippen molar-refractivity contribution in [2.45, 2.75) is 24.3 Å². The monoisotopic (exact) mass is 234 g/mol. The predicted octanol–water partition coefficient (Wildman–Crippen LogP) is -1.26. The van der Waals surface area contributed by atoms with Gasteiger partial charge in [0, 0.05) is 6.54 Å². The average molecular weight is 235 g/mol. The van der Waals surface area contributed by atoms with E-state index in [4.69, 9.17) is 28.8 Å². The Labute approximate surface area is 92.8 Å². The van der Waals surface area contributed by atoms with Crippen molar-refractivity contribution >= 4 is 29.6 Å². The highest BCUT2D eigenvalue weighted by Crippen LogP contribution is 2.02. The average Bonchev–Trinajstić information content (AvgIpc) is 2.21. The fraction of sp³-hybridized carbons (Fsp3) is 0.625. The molecular formula is C8H15ClN4O2. The third-order valence-corrected chi connectivity index (χ3v) is 2.04. The van der Waals surface area contributed by atoms with Crippen molar-refractivity contribution in [3.8, 4) is 0 Å². The van der Waals surface area contributed by atoms with Gasteiger partial charge in [0.15, 0.2) is 11.7 Å². The van der Waals surface area contributed by atoms with Crippen molar-refractivity contribution in [3.63, 3.8) is 0 Å². The number of hydrogen-bond donors (Lipinski definition) is 3. The molecule has 0 rings (SSSR count). The van der Waals surface area contributed by atoms with E-state index in [2.05, 4.69) is 4.99 Å². The van der Waals surface area contributed by atoms with Gasteiger partial charge in [-0.05, 0) is 12.8 Å². The number of hydrogen-bond acceptors (Lipinski definition) is 4. The van der Waals surface area contributed by atoms with Crippen molar-refractivity contribution < 1.29 is 9.59 Å². The van der Waals surface area contributed by atoms with Gasteiger partial charge in [-0.15, -0.1) is 11.6 Å². The van der Waals surface area contributed by atoms with Crippen molar-refractivity contribution in [3.05, 3.63) is 0 Å². The summed E-state index contributed by atoms with van der Waals surface area (Å²) in [5.41, 5.74) is 15.7. The van der Waals surface area contributed by atoms with E-state index in [1.54, 1.807) is 0 Å². The summed E-state index contributed by atoms with van der Waals surface area (Å²) in [5, 5.41) is -1.16. The molecule has 0 amide bonds. The molecule has 15 heavy (non-hydrogen) atoms. The van der Waals surface area contributed by atoms with Gasteiger partial charge in [-0.25, -0.2) is 0 Å². The van der Waals surface area contributed by atoms with Gasteiger partial charge in [0.1, 0.15) is 11.7 Å². The molecule has 0 heterocycles. The quantitative estimate of drug-likeness (QED) is 0.127. The van der Waals surface area contributed by atoms with Crippen LogP contribution in [0.5, 0.6) is 0 Å². The molecule has 0 aromatic rings. The zero-order valence-corrected chi connectivity index (χ0v) is 8.98. The van der Waals surface area contributed by atoms with Crippen LogP contribution in [0.1, 0.15) is 12.8 Å². The van der Waals surface area contributed by atoms with Crippen molar-refractivity contribution in [2.75, 3.05) is 6.54 Å². The van der Waals surface area contributed by atoms with Crippen LogP contribution in [0.25, 0.3) is 0 Å². The molecule has 0 aliphatic carbocycles. The zero-order valence-electron chi connectivity index (χ0n) is 8.23. The first-order valence-electron chi connectivity index (χ1n) is 4.43. The number of alkyl halides is 1. The van der Waals surface area contributed by atoms with E-state index in [0.717, 1.165) is 0 Å². The van der Waals surface area contributed by atoms with Crippen LogP contribution >= 0.6 is 11.6 Å². The summed E-state index contributed by atoms with van der Waals surface area (Å²) in [4.78, 5) is 25.2. The maximum atomic E-state index is 11.2. The number of guanidine groups is 1. The number of halogens is 1. The Morgan fingerprint density at radius 1 is 1.47 bits per heavy atom. The molecule has 7 heteroatoms. The summed E-state index contributed by atoms with van der Waals surface area (Å²) in [6.07, 6.45) is 1.32. The van der Waals surface area contributed by atoms with Gasteiger partial charge in [0.25, 0.3) is 0 Å². The van der Waals surface area contributed by atoms with Crippen LogP contribution in [0.2, 0.25) is 0 Å². The molecule has 0 saturated carbocycles. The lowest BCUT2D eigenvalue weighted by Crippen LogP contribution is -2.37. The minimum atomic E-state index is -1.16. The van der Waals surface area contributed by atoms with Gasteiger partial charge in [0.2, 0.25) is 0 Å². The lowest BCUT2D eigenvalue weighted by molar-refractivity contribution is -0.123. The lowest BCUT2D eigenvalue weighted by atomic mass is 10.1. The fourth-order valence-corrected chi connectivity index (χ4v) is 1.10. The van der Waals surface area contributed by atoms with E-state index >= 15 is 0 Å². The summed E-state index contributed by atoms with van der Waals surface area (Å²) in [7, 11) is 0. The van der Waals surface area contributed by atoms with Gasteiger partial charge in [-0.1, -0.05) is 0 Å². The highest BCUT2D eigenvalue weighted by atomic mass is 35.5. The molecular weight excluding hydrogens is 220 g/mol. The molecule has 0 aromatic heterocycles. The minimum Gasteiger partial charge on any atom is -0.370 e. The second kappa shape index (κ2) is 7.19. The highest BCUT2D eigenvalue weighted by Gasteiger charge is 2.20. The maximum Gasteiger partial charge on any atom is 0.185 e. The maximum absolute atomic E-state index is 11.2. The molecule has 2 atom stereocenters. The molecule has 0 bridgehead atoms. The van der Waals surface area contributed by atoms with Crippen LogP contribution in [0.15, 0.2) is 4.99 Å². The Balaban J connectivity index is 3.83. The normalized spacial score (nSPS) is 14.0. The van der Waals surface area contributed by atoms with Crippen LogP contribution < -0.4 is 17.2 Å². The summed E-state index contributed by atoms with van der Waals surface area (Å²) in [5.74, 6) is -0.477. The molecule has 0 fully saturated rings. The third kappa shape index (κ3) is 6.03. The second-order valence-electron chi connectivity index (χ2n) is 3.00. The second-order valence-corrected chi connectivity index (χ2v) is 3.47. The third-order valence-electron chi connectivity index (χ3n) is 1.72. The number of carbonyl (C=O) groups excluding carboxylic acids is 2. The topological polar surface area (TPSA) is 125 Å². The molecule has 0 aliphatic heterocycles. The molecule has 0 saturated heterocycles. The van der Waals surface area contributed by atoms with E-state index in [1.165, 1.54) is 0 Å². The van der Waals surface area contributed by atoms with E-state index in [9.17, 15) is 9.59 Å². The first kappa shape index (κ1) is 13.9. The largest absolute Gasteiger partial charge is 0.370 e. The fourth-order valence-electron chi connectivity index (χ4n) is 0.933. The van der Waals surface area contributed by atoms with Crippen LogP contribution in [-0.4, -0.2) is 36.0 Å². The first-order valence-corrected chi connectivity index (χ1v) is 4.86. The number of nitrogens with zero attached hydrogens (tertiary/aromatic N) is 1. The van der Waals surface area contributed by atoms with Gasteiger partial charge in [-0.2, -0.15) is 0 Å². The molecule has 86 valence electrons. The SMILES string of the molecule is NC(N)=NCCC[C@H](N)C(=O)C(Cl)C=O. The van der Waals surface area contributed by atoms with Crippen LogP contribution in [-0.2, 0) is 9.59 Å². The standard InChI is InChI=1S/C8H15ClN4O2/c9-5(4-14)7(15)6(10)2-1-3-13-8(11)12/h4-6H,1-3,10H2,(H4,11,12,13)/t5?,6-/m0/s1. The molecule has 0 aliphatic rings. The van der Waals surface area contributed by atoms with Crippen molar-refractivity contribution in [2.24, 2.45) is 22.2 Å². The van der Waals surface area contributed by atoms with Gasteiger partial charge < -0.3 is 22.0 Å². The van der Waals surface area contributed by atoms with Gasteiger partial charge in [0.05, 0.1) is 6.04 Å². The van der Waals surface area contributed by atoms with E-state index in [-0.39, 0.29) is 5.96 Å². The van der Waals surface area contributed by atoms with Gasteiger partial charge in [-0.3, -0.25) is 9.79 Å². The number of carbonyl (C=O) groups is 2. The summed E-state index contributed by atoms with van der Waals surface area (Å²) in [6.45, 7) is 0.400. The molecule has 0 radical (unpaired) electrons. The lowest BCUT2D eigenvalue weighted by Gasteiger charge is -2.09. The van der Waals surface area contributed by atoms with Crippen LogP contribution in [0, 0.1) is 0 Å². The van der Waals surface area contributed by atoms with E-state index in [0.29, 0.717) is 25.7 Å². The van der Waals surface area contributed by atoms with Crippen LogP contribution in [0.4, 0.5) is 0 Å². The van der Waals surface area contributed by atoms with Gasteiger partial charge >= 0.3 is 0 Å². The Hall–Kier alpha value is -1.14. The number of ketones is 1. The zero-order chi connectivity index (χ0) is 11.8. The smallest absolute Gasteiger partial charge is 0.185 e. The first-order chi connectivity index (χ1) is 6.99. The summed E-state index contributed by atoms with van der Waals surface area (Å²) in [6, 6.07) is -0.744. The van der Waals surface area contributed by atoms with Crippen LogP contribution in [0.3, 0.4) is 0 Å². The van der Waals surface area contributed by atoms with E-state index < -0.39 is 17.2 Å². The molecule has 1 unspecified atom stereocenters. The summed E-state index contributed by atoms with van der Waals surface area (Å²) >= 11 is 5.41. The number of rotatable bonds is 7. The molecule has 6 nitrogen and oxygen atoms in total. The highest BCUT2D eigenvalue weighted by molar-refractivity contribution is 6.39. The minimum absolute atomic E-state index is 0.00184. The van der Waals surface area contributed by atoms with E-state index in [1.807, 2.05) is 0 Å². The Bertz CT molecular complexity index is 253. The number of nitrogens with two attached hydrogens (primary N) is 3. The molecule has 6 N–H and O–H groups in total. The molecule has 0 spiro atoms. The predicted molar refractivity (Wildman–Crippen MR) is 58.6 cm³/mol. The number of aldehydes is 1. The Kier molecular flexibility index (Phi) is 6.64. The van der Waals surface area contributed by atoms with Crippen molar-refractivity contribution in [1.82, 2.24) is 0 Å². The number of aliphatic imine (C=N–C) groups is 1. The Morgan fingerprint density at radius 2 is 2.07 bits per heavy atom. The number of Topliss-reactive ketones (excluding diaryl/α,β-unsaturated/α-hetero) is 1.